The van der Waals surface area contributed by atoms with E-state index in [0.29, 0.717) is 12.2 Å². The van der Waals surface area contributed by atoms with Crippen molar-refractivity contribution in [1.29, 1.82) is 5.26 Å². The molecule has 0 radical (unpaired) electrons. The van der Waals surface area contributed by atoms with Crippen LogP contribution in [0.25, 0.3) is 0 Å². The predicted molar refractivity (Wildman–Crippen MR) is 63.6 cm³/mol. The zero-order valence-electron chi connectivity index (χ0n) is 9.63. The molecule has 0 bridgehead atoms. The van der Waals surface area contributed by atoms with Crippen molar-refractivity contribution in [2.24, 2.45) is 7.05 Å². The normalized spacial score (nSPS) is 9.88. The molecule has 2 aromatic rings. The number of hydrogen-bond donors (Lipinski definition) is 0. The Kier molecular flexibility index (Phi) is 3.41. The Morgan fingerprint density at radius 3 is 2.71 bits per heavy atom. The molecule has 0 aliphatic rings. The molecule has 0 N–H and O–H groups in total. The van der Waals surface area contributed by atoms with Crippen molar-refractivity contribution in [3.8, 4) is 11.8 Å². The molecule has 0 amide bonds. The highest BCUT2D eigenvalue weighted by atomic mass is 16.5. The molecule has 0 unspecified atom stereocenters. The number of rotatable bonds is 4. The van der Waals surface area contributed by atoms with Gasteiger partial charge in [0.2, 0.25) is 0 Å². The van der Waals surface area contributed by atoms with E-state index in [9.17, 15) is 0 Å². The lowest BCUT2D eigenvalue weighted by molar-refractivity contribution is 0.322. The summed E-state index contributed by atoms with van der Waals surface area (Å²) >= 11 is 0. The quantitative estimate of drug-likeness (QED) is 0.801. The Labute approximate surface area is 100 Å². The molecule has 4 heteroatoms. The summed E-state index contributed by atoms with van der Waals surface area (Å²) in [6.45, 7) is 0.609. The third kappa shape index (κ3) is 3.08. The largest absolute Gasteiger partial charge is 0.493 e. The van der Waals surface area contributed by atoms with Crippen molar-refractivity contribution in [1.82, 2.24) is 9.78 Å². The summed E-state index contributed by atoms with van der Waals surface area (Å²) in [5, 5.41) is 12.7. The van der Waals surface area contributed by atoms with E-state index in [2.05, 4.69) is 11.2 Å². The Balaban J connectivity index is 1.84. The number of nitrogens with zero attached hydrogens (tertiary/aromatic N) is 3. The van der Waals surface area contributed by atoms with Gasteiger partial charge < -0.3 is 4.74 Å². The number of hydrogen-bond acceptors (Lipinski definition) is 3. The monoisotopic (exact) mass is 227 g/mol. The van der Waals surface area contributed by atoms with Crippen LogP contribution in [0.2, 0.25) is 0 Å². The molecule has 0 atom stereocenters. The molecule has 0 saturated heterocycles. The summed E-state index contributed by atoms with van der Waals surface area (Å²) in [6, 6.07) is 9.19. The molecule has 0 saturated carbocycles. The number of nitriles is 1. The van der Waals surface area contributed by atoms with Crippen LogP contribution in [0.5, 0.6) is 5.75 Å². The molecule has 1 heterocycles. The summed E-state index contributed by atoms with van der Waals surface area (Å²) in [6.07, 6.45) is 4.64. The first-order valence-electron chi connectivity index (χ1n) is 5.38. The Bertz CT molecular complexity index is 522. The van der Waals surface area contributed by atoms with Crippen LogP contribution in [0.3, 0.4) is 0 Å². The third-order valence-electron chi connectivity index (χ3n) is 2.40. The van der Waals surface area contributed by atoms with Gasteiger partial charge >= 0.3 is 0 Å². The molecular formula is C13H13N3O. The van der Waals surface area contributed by atoms with Gasteiger partial charge in [-0.2, -0.15) is 10.4 Å². The lowest BCUT2D eigenvalue weighted by Crippen LogP contribution is -2.00. The van der Waals surface area contributed by atoms with Crippen LogP contribution in [0.1, 0.15) is 11.1 Å². The fourth-order valence-electron chi connectivity index (χ4n) is 1.51. The minimum Gasteiger partial charge on any atom is -0.493 e. The second kappa shape index (κ2) is 5.17. The van der Waals surface area contributed by atoms with Crippen molar-refractivity contribution in [2.75, 3.05) is 6.61 Å². The van der Waals surface area contributed by atoms with E-state index in [-0.39, 0.29) is 0 Å². The average Bonchev–Trinajstić information content (AvgIpc) is 2.76. The molecule has 0 spiro atoms. The second-order valence-corrected chi connectivity index (χ2v) is 3.76. The zero-order chi connectivity index (χ0) is 12.1. The predicted octanol–water partition coefficient (Wildman–Crippen LogP) is 1.91. The third-order valence-corrected chi connectivity index (χ3v) is 2.40. The van der Waals surface area contributed by atoms with E-state index in [1.54, 1.807) is 16.8 Å². The molecule has 0 aliphatic carbocycles. The van der Waals surface area contributed by atoms with E-state index < -0.39 is 0 Å². The molecular weight excluding hydrogens is 214 g/mol. The highest BCUT2D eigenvalue weighted by Crippen LogP contribution is 2.12. The van der Waals surface area contributed by atoms with Crippen molar-refractivity contribution in [3.63, 3.8) is 0 Å². The summed E-state index contributed by atoms with van der Waals surface area (Å²) < 4.78 is 7.35. The minimum absolute atomic E-state index is 0.609. The molecule has 1 aromatic carbocycles. The SMILES string of the molecule is Cn1cc(CCOc2ccc(C#N)cc2)cn1. The average molecular weight is 227 g/mol. The maximum absolute atomic E-state index is 8.66. The molecule has 17 heavy (non-hydrogen) atoms. The maximum Gasteiger partial charge on any atom is 0.119 e. The number of ether oxygens (including phenoxy) is 1. The van der Waals surface area contributed by atoms with Gasteiger partial charge in [-0.1, -0.05) is 0 Å². The van der Waals surface area contributed by atoms with E-state index in [1.165, 1.54) is 0 Å². The zero-order valence-corrected chi connectivity index (χ0v) is 9.63. The molecule has 4 nitrogen and oxygen atoms in total. The molecule has 2 rings (SSSR count). The van der Waals surface area contributed by atoms with E-state index in [4.69, 9.17) is 10.00 Å². The van der Waals surface area contributed by atoms with Crippen molar-refractivity contribution < 1.29 is 4.74 Å². The minimum atomic E-state index is 0.609. The first kappa shape index (κ1) is 11.2. The van der Waals surface area contributed by atoms with Crippen LogP contribution in [0.4, 0.5) is 0 Å². The lowest BCUT2D eigenvalue weighted by Gasteiger charge is -2.04. The van der Waals surface area contributed by atoms with Gasteiger partial charge in [-0.15, -0.1) is 0 Å². The molecule has 86 valence electrons. The van der Waals surface area contributed by atoms with E-state index >= 15 is 0 Å². The highest BCUT2D eigenvalue weighted by Gasteiger charge is 1.98. The van der Waals surface area contributed by atoms with Crippen molar-refractivity contribution >= 4 is 0 Å². The summed E-state index contributed by atoms with van der Waals surface area (Å²) in [7, 11) is 1.89. The Morgan fingerprint density at radius 1 is 1.35 bits per heavy atom. The van der Waals surface area contributed by atoms with Gasteiger partial charge in [0.1, 0.15) is 5.75 Å². The van der Waals surface area contributed by atoms with Gasteiger partial charge in [0.25, 0.3) is 0 Å². The molecule has 0 aliphatic heterocycles. The van der Waals surface area contributed by atoms with Gasteiger partial charge in [0.15, 0.2) is 0 Å². The van der Waals surface area contributed by atoms with Crippen molar-refractivity contribution in [2.45, 2.75) is 6.42 Å². The summed E-state index contributed by atoms with van der Waals surface area (Å²) in [4.78, 5) is 0. The van der Waals surface area contributed by atoms with Crippen molar-refractivity contribution in [3.05, 3.63) is 47.8 Å². The van der Waals surface area contributed by atoms with Gasteiger partial charge in [-0.3, -0.25) is 4.68 Å². The molecule has 0 fully saturated rings. The van der Waals surface area contributed by atoms with Gasteiger partial charge in [0.05, 0.1) is 24.4 Å². The number of aryl methyl sites for hydroxylation is 1. The molecule has 1 aromatic heterocycles. The van der Waals surface area contributed by atoms with Crippen LogP contribution < -0.4 is 4.74 Å². The first-order valence-corrected chi connectivity index (χ1v) is 5.38. The Morgan fingerprint density at radius 2 is 2.12 bits per heavy atom. The fraction of sp³-hybridized carbons (Fsp3) is 0.231. The van der Waals surface area contributed by atoms with Gasteiger partial charge in [-0.25, -0.2) is 0 Å². The van der Waals surface area contributed by atoms with E-state index in [1.807, 2.05) is 31.6 Å². The van der Waals surface area contributed by atoms with Crippen LogP contribution >= 0.6 is 0 Å². The second-order valence-electron chi connectivity index (χ2n) is 3.76. The lowest BCUT2D eigenvalue weighted by atomic mass is 10.2. The van der Waals surface area contributed by atoms with Gasteiger partial charge in [-0.05, 0) is 29.8 Å². The van der Waals surface area contributed by atoms with Crippen LogP contribution in [0.15, 0.2) is 36.7 Å². The maximum atomic E-state index is 8.66. The standard InChI is InChI=1S/C13H13N3O/c1-16-10-12(9-15-16)6-7-17-13-4-2-11(8-14)3-5-13/h2-5,9-10H,6-7H2,1H3. The summed E-state index contributed by atoms with van der Waals surface area (Å²) in [5.74, 6) is 0.785. The number of aromatic nitrogens is 2. The first-order chi connectivity index (χ1) is 8.28. The number of benzene rings is 1. The smallest absolute Gasteiger partial charge is 0.119 e. The van der Waals surface area contributed by atoms with E-state index in [0.717, 1.165) is 17.7 Å². The van der Waals surface area contributed by atoms with Gasteiger partial charge in [0, 0.05) is 19.7 Å². The topological polar surface area (TPSA) is 50.8 Å². The summed E-state index contributed by atoms with van der Waals surface area (Å²) in [5.41, 5.74) is 1.80. The van der Waals surface area contributed by atoms with Crippen LogP contribution in [0, 0.1) is 11.3 Å². The van der Waals surface area contributed by atoms with Crippen LogP contribution in [-0.2, 0) is 13.5 Å². The van der Waals surface area contributed by atoms with Crippen LogP contribution in [-0.4, -0.2) is 16.4 Å². The fourth-order valence-corrected chi connectivity index (χ4v) is 1.51. The highest BCUT2D eigenvalue weighted by molar-refractivity contribution is 5.34. The Hall–Kier alpha value is -2.28.